The van der Waals surface area contributed by atoms with Gasteiger partial charge in [-0.2, -0.15) is 0 Å². The third-order valence-corrected chi connectivity index (χ3v) is 9.92. The second-order valence-electron chi connectivity index (χ2n) is 12.8. The molecule has 0 bridgehead atoms. The standard InChI is InChI=1S/C47H30N2O/c1-2-6-31(7-3-1)33-14-20-39(21-15-33)49(40-22-16-34(17-23-40)38-13-10-32-8-4-5-9-37(32)28-38)41-24-18-35-11-12-36-19-25-43-42-26-27-48-30-45(42)50-47(43)46(36)44(35)29-41/h1-30H. The van der Waals surface area contributed by atoms with Crippen molar-refractivity contribution in [3.05, 3.63) is 182 Å². The van der Waals surface area contributed by atoms with Crippen molar-refractivity contribution in [1.82, 2.24) is 4.98 Å². The number of aromatic nitrogens is 1. The molecule has 2 heterocycles. The number of pyridine rings is 1. The molecule has 0 spiro atoms. The molecular formula is C47H30N2O. The Labute approximate surface area is 289 Å². The molecule has 0 aliphatic rings. The van der Waals surface area contributed by atoms with Gasteiger partial charge in [0.25, 0.3) is 0 Å². The summed E-state index contributed by atoms with van der Waals surface area (Å²) >= 11 is 0. The Morgan fingerprint density at radius 2 is 1.00 bits per heavy atom. The molecule has 0 saturated heterocycles. The van der Waals surface area contributed by atoms with Crippen LogP contribution in [0.25, 0.3) is 76.5 Å². The van der Waals surface area contributed by atoms with Crippen molar-refractivity contribution >= 4 is 71.3 Å². The van der Waals surface area contributed by atoms with Gasteiger partial charge in [-0.3, -0.25) is 4.98 Å². The zero-order chi connectivity index (χ0) is 33.0. The zero-order valence-corrected chi connectivity index (χ0v) is 27.1. The van der Waals surface area contributed by atoms with Crippen molar-refractivity contribution in [1.29, 1.82) is 0 Å². The maximum absolute atomic E-state index is 6.50. The summed E-state index contributed by atoms with van der Waals surface area (Å²) in [5.74, 6) is 0. The Morgan fingerprint density at radius 3 is 1.80 bits per heavy atom. The summed E-state index contributed by atoms with van der Waals surface area (Å²) in [5.41, 5.74) is 9.72. The van der Waals surface area contributed by atoms with Crippen LogP contribution in [0.4, 0.5) is 17.1 Å². The number of nitrogens with zero attached hydrogens (tertiary/aromatic N) is 2. The van der Waals surface area contributed by atoms with Crippen molar-refractivity contribution in [3.63, 3.8) is 0 Å². The quantitative estimate of drug-likeness (QED) is 0.176. The lowest BCUT2D eigenvalue weighted by Gasteiger charge is -2.26. The van der Waals surface area contributed by atoms with Crippen LogP contribution in [0.3, 0.4) is 0 Å². The molecule has 0 aliphatic carbocycles. The predicted octanol–water partition coefficient (Wildman–Crippen LogP) is 13.2. The van der Waals surface area contributed by atoms with E-state index in [-0.39, 0.29) is 0 Å². The van der Waals surface area contributed by atoms with Crippen LogP contribution < -0.4 is 4.90 Å². The lowest BCUT2D eigenvalue weighted by Crippen LogP contribution is -2.09. The zero-order valence-electron chi connectivity index (χ0n) is 27.1. The van der Waals surface area contributed by atoms with Crippen LogP contribution in [0.1, 0.15) is 0 Å². The highest BCUT2D eigenvalue weighted by Gasteiger charge is 2.17. The van der Waals surface area contributed by atoms with Crippen LogP contribution in [0.2, 0.25) is 0 Å². The molecule has 10 rings (SSSR count). The van der Waals surface area contributed by atoms with Crippen LogP contribution >= 0.6 is 0 Å². The van der Waals surface area contributed by atoms with Crippen LogP contribution in [0, 0.1) is 0 Å². The summed E-state index contributed by atoms with van der Waals surface area (Å²) in [6.07, 6.45) is 3.63. The molecule has 0 aliphatic heterocycles. The van der Waals surface area contributed by atoms with Gasteiger partial charge in [0.2, 0.25) is 0 Å². The Morgan fingerprint density at radius 1 is 0.400 bits per heavy atom. The average Bonchev–Trinajstić information content (AvgIpc) is 3.57. The lowest BCUT2D eigenvalue weighted by molar-refractivity contribution is 0.671. The smallest absolute Gasteiger partial charge is 0.153 e. The summed E-state index contributed by atoms with van der Waals surface area (Å²) in [4.78, 5) is 6.67. The van der Waals surface area contributed by atoms with Crippen molar-refractivity contribution in [3.8, 4) is 22.3 Å². The summed E-state index contributed by atoms with van der Waals surface area (Å²) in [7, 11) is 0. The van der Waals surface area contributed by atoms with Crippen molar-refractivity contribution in [2.24, 2.45) is 0 Å². The van der Waals surface area contributed by atoms with E-state index in [0.29, 0.717) is 0 Å². The molecule has 0 amide bonds. The van der Waals surface area contributed by atoms with Crippen LogP contribution in [0.5, 0.6) is 0 Å². The number of furan rings is 1. The minimum atomic E-state index is 0.801. The van der Waals surface area contributed by atoms with E-state index in [9.17, 15) is 0 Å². The van der Waals surface area contributed by atoms with Crippen LogP contribution in [0.15, 0.2) is 187 Å². The molecule has 0 radical (unpaired) electrons. The van der Waals surface area contributed by atoms with Crippen LogP contribution in [-0.2, 0) is 0 Å². The molecule has 50 heavy (non-hydrogen) atoms. The van der Waals surface area contributed by atoms with Gasteiger partial charge in [-0.1, -0.05) is 115 Å². The number of fused-ring (bicyclic) bond motifs is 8. The van der Waals surface area contributed by atoms with Gasteiger partial charge >= 0.3 is 0 Å². The normalized spacial score (nSPS) is 11.6. The largest absolute Gasteiger partial charge is 0.454 e. The molecule has 3 nitrogen and oxygen atoms in total. The summed E-state index contributed by atoms with van der Waals surface area (Å²) < 4.78 is 6.50. The highest BCUT2D eigenvalue weighted by molar-refractivity contribution is 6.23. The van der Waals surface area contributed by atoms with Gasteiger partial charge in [-0.15, -0.1) is 0 Å². The van der Waals surface area contributed by atoms with Gasteiger partial charge < -0.3 is 9.32 Å². The Hall–Kier alpha value is -6.71. The van der Waals surface area contributed by atoms with Gasteiger partial charge in [-0.25, -0.2) is 0 Å². The maximum Gasteiger partial charge on any atom is 0.153 e. The first-order chi connectivity index (χ1) is 24.8. The monoisotopic (exact) mass is 638 g/mol. The molecule has 2 aromatic heterocycles. The molecule has 0 saturated carbocycles. The van der Waals surface area contributed by atoms with E-state index < -0.39 is 0 Å². The fraction of sp³-hybridized carbons (Fsp3) is 0. The fourth-order valence-electron chi connectivity index (χ4n) is 7.40. The lowest BCUT2D eigenvalue weighted by atomic mass is 9.98. The maximum atomic E-state index is 6.50. The fourth-order valence-corrected chi connectivity index (χ4v) is 7.40. The number of rotatable bonds is 5. The predicted molar refractivity (Wildman–Crippen MR) is 210 cm³/mol. The minimum absolute atomic E-state index is 0.801. The first-order valence-electron chi connectivity index (χ1n) is 16.9. The highest BCUT2D eigenvalue weighted by Crippen LogP contribution is 2.42. The van der Waals surface area contributed by atoms with E-state index in [1.807, 2.05) is 12.3 Å². The van der Waals surface area contributed by atoms with E-state index in [2.05, 4.69) is 174 Å². The molecule has 0 atom stereocenters. The topological polar surface area (TPSA) is 29.3 Å². The van der Waals surface area contributed by atoms with Gasteiger partial charge in [0.05, 0.1) is 6.20 Å². The van der Waals surface area contributed by atoms with E-state index in [1.54, 1.807) is 6.20 Å². The molecule has 234 valence electrons. The van der Waals surface area contributed by atoms with Crippen molar-refractivity contribution in [2.45, 2.75) is 0 Å². The van der Waals surface area contributed by atoms with E-state index >= 15 is 0 Å². The Balaban J connectivity index is 1.14. The highest BCUT2D eigenvalue weighted by atomic mass is 16.3. The molecule has 8 aromatic carbocycles. The Kier molecular flexibility index (Phi) is 6.49. The summed E-state index contributed by atoms with van der Waals surface area (Å²) in [6, 6.07) is 61.1. The molecule has 0 fully saturated rings. The summed E-state index contributed by atoms with van der Waals surface area (Å²) in [5, 5.41) is 9.25. The second kappa shape index (κ2) is 11.5. The molecule has 0 N–H and O–H groups in total. The number of benzene rings is 8. The van der Waals surface area contributed by atoms with E-state index in [1.165, 1.54) is 38.4 Å². The van der Waals surface area contributed by atoms with E-state index in [4.69, 9.17) is 4.42 Å². The number of anilines is 3. The van der Waals surface area contributed by atoms with Crippen molar-refractivity contribution in [2.75, 3.05) is 4.90 Å². The Bertz CT molecular complexity index is 2850. The molecule has 0 unspecified atom stereocenters. The van der Waals surface area contributed by atoms with Gasteiger partial charge in [-0.05, 0) is 104 Å². The van der Waals surface area contributed by atoms with Gasteiger partial charge in [0.15, 0.2) is 5.58 Å². The van der Waals surface area contributed by atoms with Crippen LogP contribution in [-0.4, -0.2) is 4.98 Å². The van der Waals surface area contributed by atoms with Gasteiger partial charge in [0, 0.05) is 39.4 Å². The van der Waals surface area contributed by atoms with Crippen molar-refractivity contribution < 1.29 is 4.42 Å². The number of hydrogen-bond acceptors (Lipinski definition) is 3. The van der Waals surface area contributed by atoms with Gasteiger partial charge in [0.1, 0.15) is 5.58 Å². The average molecular weight is 639 g/mol. The third kappa shape index (κ3) is 4.71. The number of hydrogen-bond donors (Lipinski definition) is 0. The summed E-state index contributed by atoms with van der Waals surface area (Å²) in [6.45, 7) is 0. The molecule has 10 aromatic rings. The third-order valence-electron chi connectivity index (χ3n) is 9.92. The first kappa shape index (κ1) is 28.3. The molecular weight excluding hydrogens is 609 g/mol. The van der Waals surface area contributed by atoms with E-state index in [0.717, 1.165) is 55.2 Å². The molecule has 3 heteroatoms. The first-order valence-corrected chi connectivity index (χ1v) is 16.9. The SMILES string of the molecule is c1ccc(-c2ccc(N(c3ccc(-c4ccc5ccccc5c4)cc3)c3ccc4ccc5ccc6c7ccncc7oc6c5c4c3)cc2)cc1. The second-order valence-corrected chi connectivity index (χ2v) is 12.8. The minimum Gasteiger partial charge on any atom is -0.454 e.